The molecule has 0 rings (SSSR count). The van der Waals surface area contributed by atoms with Crippen molar-refractivity contribution in [1.82, 2.24) is 5.32 Å². The standard InChI is InChI=1S/C8H11NO6S2/c1-4(10)9-5(7(12)13)2-16-17-3-6(11)8(14)15/h5H,2-3H2,1H3,(H,9,10)(H,12,13)(H,14,15)/t5-/m0/s1. The number of ketones is 1. The van der Waals surface area contributed by atoms with Crippen molar-refractivity contribution in [3.63, 3.8) is 0 Å². The summed E-state index contributed by atoms with van der Waals surface area (Å²) in [6.45, 7) is 1.20. The molecule has 3 N–H and O–H groups in total. The average molecular weight is 281 g/mol. The minimum atomic E-state index is -1.52. The van der Waals surface area contributed by atoms with Gasteiger partial charge in [-0.15, -0.1) is 0 Å². The molecule has 7 nitrogen and oxygen atoms in total. The maximum Gasteiger partial charge on any atom is 0.373 e. The Labute approximate surface area is 105 Å². The molecule has 0 aromatic heterocycles. The Kier molecular flexibility index (Phi) is 7.39. The largest absolute Gasteiger partial charge is 0.480 e. The van der Waals surface area contributed by atoms with E-state index in [1.165, 1.54) is 6.92 Å². The summed E-state index contributed by atoms with van der Waals surface area (Å²) in [7, 11) is 1.95. The normalized spacial score (nSPS) is 11.6. The molecule has 1 amide bonds. The van der Waals surface area contributed by atoms with E-state index in [0.29, 0.717) is 0 Å². The van der Waals surface area contributed by atoms with Gasteiger partial charge in [-0.1, -0.05) is 21.6 Å². The van der Waals surface area contributed by atoms with Crippen molar-refractivity contribution in [2.45, 2.75) is 13.0 Å². The molecule has 0 saturated heterocycles. The number of carboxylic acid groups (broad SMARTS) is 2. The van der Waals surface area contributed by atoms with Crippen LogP contribution in [0.25, 0.3) is 0 Å². The molecule has 1 atom stereocenters. The number of aliphatic carboxylic acids is 2. The van der Waals surface area contributed by atoms with Crippen LogP contribution in [0.2, 0.25) is 0 Å². The van der Waals surface area contributed by atoms with Crippen LogP contribution >= 0.6 is 21.6 Å². The number of amides is 1. The van der Waals surface area contributed by atoms with Crippen molar-refractivity contribution in [2.75, 3.05) is 11.5 Å². The third kappa shape index (κ3) is 7.64. The van der Waals surface area contributed by atoms with Crippen LogP contribution in [0.1, 0.15) is 6.92 Å². The summed E-state index contributed by atoms with van der Waals surface area (Å²) in [5.74, 6) is -4.31. The van der Waals surface area contributed by atoms with E-state index in [2.05, 4.69) is 5.32 Å². The lowest BCUT2D eigenvalue weighted by molar-refractivity contribution is -0.147. The van der Waals surface area contributed by atoms with Crippen LogP contribution in [0.5, 0.6) is 0 Å². The molecule has 17 heavy (non-hydrogen) atoms. The summed E-state index contributed by atoms with van der Waals surface area (Å²) in [6, 6.07) is -1.05. The number of carboxylic acids is 2. The van der Waals surface area contributed by atoms with Gasteiger partial charge >= 0.3 is 11.9 Å². The smallest absolute Gasteiger partial charge is 0.373 e. The van der Waals surface area contributed by atoms with Crippen molar-refractivity contribution in [1.29, 1.82) is 0 Å². The minimum Gasteiger partial charge on any atom is -0.480 e. The summed E-state index contributed by atoms with van der Waals surface area (Å²) in [5, 5.41) is 19.2. The highest BCUT2D eigenvalue weighted by atomic mass is 33.1. The quantitative estimate of drug-likeness (QED) is 0.312. The van der Waals surface area contributed by atoms with Gasteiger partial charge in [-0.3, -0.25) is 9.59 Å². The molecule has 0 aromatic carbocycles. The van der Waals surface area contributed by atoms with Gasteiger partial charge in [0.25, 0.3) is 5.78 Å². The highest BCUT2D eigenvalue weighted by Gasteiger charge is 2.19. The van der Waals surface area contributed by atoms with E-state index in [-0.39, 0.29) is 11.5 Å². The third-order valence-electron chi connectivity index (χ3n) is 1.42. The van der Waals surface area contributed by atoms with E-state index in [9.17, 15) is 19.2 Å². The first-order chi connectivity index (χ1) is 7.84. The van der Waals surface area contributed by atoms with Crippen molar-refractivity contribution < 1.29 is 29.4 Å². The lowest BCUT2D eigenvalue weighted by atomic mass is 10.3. The highest BCUT2D eigenvalue weighted by molar-refractivity contribution is 8.76. The molecule has 96 valence electrons. The predicted molar refractivity (Wildman–Crippen MR) is 62.8 cm³/mol. The zero-order chi connectivity index (χ0) is 13.4. The van der Waals surface area contributed by atoms with Gasteiger partial charge in [-0.25, -0.2) is 9.59 Å². The number of carbonyl (C=O) groups is 4. The Morgan fingerprint density at radius 1 is 1.18 bits per heavy atom. The predicted octanol–water partition coefficient (Wildman–Crippen LogP) is -0.389. The fourth-order valence-corrected chi connectivity index (χ4v) is 2.73. The summed E-state index contributed by atoms with van der Waals surface area (Å²) in [5.41, 5.74) is 0. The fraction of sp³-hybridized carbons (Fsp3) is 0.500. The van der Waals surface area contributed by atoms with E-state index in [0.717, 1.165) is 21.6 Å². The number of rotatable bonds is 8. The van der Waals surface area contributed by atoms with Crippen LogP contribution in [-0.4, -0.2) is 51.4 Å². The third-order valence-corrected chi connectivity index (χ3v) is 3.70. The Hall–Kier alpha value is -1.22. The van der Waals surface area contributed by atoms with Gasteiger partial charge in [0.1, 0.15) is 6.04 Å². The van der Waals surface area contributed by atoms with Crippen LogP contribution in [0.4, 0.5) is 0 Å². The molecular formula is C8H11NO6S2. The second kappa shape index (κ2) is 7.96. The van der Waals surface area contributed by atoms with Crippen LogP contribution in [0.3, 0.4) is 0 Å². The maximum atomic E-state index is 10.7. The van der Waals surface area contributed by atoms with Crippen molar-refractivity contribution in [3.8, 4) is 0 Å². The molecule has 0 heterocycles. The van der Waals surface area contributed by atoms with E-state index >= 15 is 0 Å². The van der Waals surface area contributed by atoms with E-state index < -0.39 is 29.7 Å². The van der Waals surface area contributed by atoms with Gasteiger partial charge in [-0.05, 0) is 0 Å². The number of nitrogens with one attached hydrogen (secondary N) is 1. The van der Waals surface area contributed by atoms with Crippen LogP contribution in [0, 0.1) is 0 Å². The molecule has 0 unspecified atom stereocenters. The molecule has 0 aliphatic carbocycles. The first kappa shape index (κ1) is 15.8. The maximum absolute atomic E-state index is 10.7. The SMILES string of the molecule is CC(=O)N[C@@H](CSSCC(=O)C(=O)O)C(=O)O. The lowest BCUT2D eigenvalue weighted by Crippen LogP contribution is -2.41. The number of hydrogen-bond acceptors (Lipinski definition) is 6. The van der Waals surface area contributed by atoms with Gasteiger partial charge in [0, 0.05) is 12.7 Å². The number of carbonyl (C=O) groups excluding carboxylic acids is 2. The Morgan fingerprint density at radius 2 is 1.76 bits per heavy atom. The second-order valence-corrected chi connectivity index (χ2v) is 5.37. The van der Waals surface area contributed by atoms with Gasteiger partial charge in [0.15, 0.2) is 0 Å². The average Bonchev–Trinajstić information content (AvgIpc) is 2.21. The second-order valence-electron chi connectivity index (χ2n) is 2.87. The summed E-state index contributed by atoms with van der Waals surface area (Å²) in [4.78, 5) is 42.2. The first-order valence-electron chi connectivity index (χ1n) is 4.35. The van der Waals surface area contributed by atoms with E-state index in [1.54, 1.807) is 0 Å². The lowest BCUT2D eigenvalue weighted by Gasteiger charge is -2.11. The molecular weight excluding hydrogens is 270 g/mol. The van der Waals surface area contributed by atoms with Gasteiger partial charge in [-0.2, -0.15) is 0 Å². The highest BCUT2D eigenvalue weighted by Crippen LogP contribution is 2.21. The summed E-state index contributed by atoms with van der Waals surface area (Å²) in [6.07, 6.45) is 0. The molecule has 0 radical (unpaired) electrons. The fourth-order valence-electron chi connectivity index (χ4n) is 0.693. The Morgan fingerprint density at radius 3 is 2.18 bits per heavy atom. The van der Waals surface area contributed by atoms with Gasteiger partial charge in [0.05, 0.1) is 5.75 Å². The summed E-state index contributed by atoms with van der Waals surface area (Å²) >= 11 is 0. The molecule has 0 aliphatic rings. The zero-order valence-electron chi connectivity index (χ0n) is 8.84. The minimum absolute atomic E-state index is 0.0481. The molecule has 0 aromatic rings. The van der Waals surface area contributed by atoms with Gasteiger partial charge < -0.3 is 15.5 Å². The number of Topliss-reactive ketones (excluding diaryl/α,β-unsaturated/α-hetero) is 1. The monoisotopic (exact) mass is 281 g/mol. The van der Waals surface area contributed by atoms with Crippen molar-refractivity contribution in [2.24, 2.45) is 0 Å². The molecule has 0 fully saturated rings. The molecule has 0 spiro atoms. The van der Waals surface area contributed by atoms with Gasteiger partial charge in [0.2, 0.25) is 5.91 Å². The van der Waals surface area contributed by atoms with Crippen molar-refractivity contribution in [3.05, 3.63) is 0 Å². The van der Waals surface area contributed by atoms with Crippen LogP contribution in [0.15, 0.2) is 0 Å². The van der Waals surface area contributed by atoms with E-state index in [4.69, 9.17) is 10.2 Å². The molecule has 0 aliphatic heterocycles. The number of hydrogen-bond donors (Lipinski definition) is 3. The molecule has 0 saturated carbocycles. The topological polar surface area (TPSA) is 121 Å². The van der Waals surface area contributed by atoms with Crippen molar-refractivity contribution >= 4 is 45.2 Å². The molecule has 9 heteroatoms. The zero-order valence-corrected chi connectivity index (χ0v) is 10.5. The Balaban J connectivity index is 3.91. The van der Waals surface area contributed by atoms with Crippen LogP contribution < -0.4 is 5.32 Å². The van der Waals surface area contributed by atoms with Crippen LogP contribution in [-0.2, 0) is 19.2 Å². The molecule has 0 bridgehead atoms. The Bertz CT molecular complexity index is 332. The van der Waals surface area contributed by atoms with E-state index in [1.807, 2.05) is 0 Å². The summed E-state index contributed by atoms with van der Waals surface area (Å²) < 4.78 is 0. The first-order valence-corrected chi connectivity index (χ1v) is 6.83.